The maximum Gasteiger partial charge on any atom is 0.0642 e. The summed E-state index contributed by atoms with van der Waals surface area (Å²) in [4.78, 5) is 0. The lowest BCUT2D eigenvalue weighted by atomic mass is 9.44. The van der Waals surface area contributed by atoms with Gasteiger partial charge in [-0.05, 0) is 83.2 Å². The lowest BCUT2D eigenvalue weighted by molar-refractivity contribution is -0.0872. The Bertz CT molecular complexity index is 791. The van der Waals surface area contributed by atoms with E-state index in [9.17, 15) is 10.2 Å². The van der Waals surface area contributed by atoms with Crippen LogP contribution in [0.1, 0.15) is 107 Å². The zero-order valence-electron chi connectivity index (χ0n) is 22.2. The maximum atomic E-state index is 11.6. The Morgan fingerprint density at radius 2 is 1.62 bits per heavy atom. The van der Waals surface area contributed by atoms with E-state index in [2.05, 4.69) is 67.5 Å². The van der Waals surface area contributed by atoms with Crippen LogP contribution in [0.2, 0.25) is 0 Å². The van der Waals surface area contributed by atoms with Gasteiger partial charge in [0.05, 0.1) is 12.2 Å². The molecule has 0 amide bonds. The average molecular weight is 443 g/mol. The van der Waals surface area contributed by atoms with Crippen LogP contribution < -0.4 is 0 Å². The molecule has 0 heterocycles. The van der Waals surface area contributed by atoms with E-state index in [0.717, 1.165) is 38.0 Å². The quantitative estimate of drug-likeness (QED) is 0.469. The van der Waals surface area contributed by atoms with Crippen molar-refractivity contribution in [2.45, 2.75) is 119 Å². The van der Waals surface area contributed by atoms with Crippen LogP contribution in [0, 0.1) is 45.3 Å². The normalized spacial score (nSPS) is 46.1. The van der Waals surface area contributed by atoms with Gasteiger partial charge in [0.2, 0.25) is 0 Å². The number of aliphatic hydroxyl groups excluding tert-OH is 2. The zero-order valence-corrected chi connectivity index (χ0v) is 22.2. The molecule has 0 aromatic carbocycles. The van der Waals surface area contributed by atoms with Gasteiger partial charge in [-0.15, -0.1) is 0 Å². The van der Waals surface area contributed by atoms with Gasteiger partial charge in [-0.1, -0.05) is 86.8 Å². The van der Waals surface area contributed by atoms with Crippen LogP contribution in [0.3, 0.4) is 0 Å². The highest BCUT2D eigenvalue weighted by molar-refractivity contribution is 5.50. The number of hydrogen-bond acceptors (Lipinski definition) is 2. The molecule has 4 rings (SSSR count). The van der Waals surface area contributed by atoms with Gasteiger partial charge >= 0.3 is 0 Å². The van der Waals surface area contributed by atoms with Crippen LogP contribution >= 0.6 is 0 Å². The molecule has 2 saturated carbocycles. The minimum atomic E-state index is -0.262. The van der Waals surface area contributed by atoms with Crippen molar-refractivity contribution in [2.24, 2.45) is 45.3 Å². The summed E-state index contributed by atoms with van der Waals surface area (Å²) in [5.41, 5.74) is 2.97. The largest absolute Gasteiger partial charge is 0.393 e. The van der Waals surface area contributed by atoms with Crippen LogP contribution in [-0.2, 0) is 0 Å². The summed E-state index contributed by atoms with van der Waals surface area (Å²) in [5.74, 6) is 2.47. The smallest absolute Gasteiger partial charge is 0.0642 e. The van der Waals surface area contributed by atoms with E-state index < -0.39 is 0 Å². The van der Waals surface area contributed by atoms with Crippen molar-refractivity contribution < 1.29 is 10.2 Å². The maximum absolute atomic E-state index is 11.6. The summed E-state index contributed by atoms with van der Waals surface area (Å²) in [6, 6.07) is 0. The number of fused-ring (bicyclic) bond motifs is 5. The lowest BCUT2D eigenvalue weighted by Crippen LogP contribution is -2.55. The number of rotatable bonds is 5. The highest BCUT2D eigenvalue weighted by Crippen LogP contribution is 2.71. The Labute approximate surface area is 198 Å². The molecule has 0 aromatic rings. The number of hydrogen-bond donors (Lipinski definition) is 2. The second-order valence-electron chi connectivity index (χ2n) is 13.8. The Morgan fingerprint density at radius 1 is 0.938 bits per heavy atom. The third kappa shape index (κ3) is 3.25. The third-order valence-corrected chi connectivity index (χ3v) is 11.5. The highest BCUT2D eigenvalue weighted by Gasteiger charge is 2.66. The molecule has 32 heavy (non-hydrogen) atoms. The van der Waals surface area contributed by atoms with Crippen molar-refractivity contribution in [1.82, 2.24) is 0 Å². The summed E-state index contributed by atoms with van der Waals surface area (Å²) < 4.78 is 0. The molecular formula is C30H50O2. The summed E-state index contributed by atoms with van der Waals surface area (Å²) in [5, 5.41) is 22.4. The van der Waals surface area contributed by atoms with Crippen molar-refractivity contribution in [3.05, 3.63) is 23.3 Å². The minimum absolute atomic E-state index is 0.0702. The Balaban J connectivity index is 1.68. The molecule has 0 unspecified atom stereocenters. The van der Waals surface area contributed by atoms with Crippen molar-refractivity contribution in [1.29, 1.82) is 0 Å². The van der Waals surface area contributed by atoms with E-state index in [0.29, 0.717) is 17.8 Å². The highest BCUT2D eigenvalue weighted by atomic mass is 16.3. The van der Waals surface area contributed by atoms with Gasteiger partial charge in [0.25, 0.3) is 0 Å². The van der Waals surface area contributed by atoms with E-state index in [1.54, 1.807) is 0 Å². The minimum Gasteiger partial charge on any atom is -0.393 e. The Morgan fingerprint density at radius 3 is 2.28 bits per heavy atom. The molecule has 2 nitrogen and oxygen atoms in total. The fourth-order valence-corrected chi connectivity index (χ4v) is 8.99. The van der Waals surface area contributed by atoms with Gasteiger partial charge in [0.1, 0.15) is 0 Å². The van der Waals surface area contributed by atoms with E-state index in [-0.39, 0.29) is 33.9 Å². The molecule has 2 fully saturated rings. The second kappa shape index (κ2) is 7.98. The van der Waals surface area contributed by atoms with Crippen LogP contribution in [0.25, 0.3) is 0 Å². The monoisotopic (exact) mass is 442 g/mol. The standard InChI is InChI=1S/C30H50O2/c1-19(2)10-9-11-20(3)23-18-26(32)30(8)22-12-13-24-27(4,5)25(31)15-16-28(24,6)21(22)14-17-29(23,30)7/h12,14,19-20,23-26,31-32H,9-11,13,15-18H2,1-8H3/t20-,23-,24+,25+,26+,28-,29-,30-/m1/s1. The van der Waals surface area contributed by atoms with Crippen LogP contribution in [0.4, 0.5) is 0 Å². The third-order valence-electron chi connectivity index (χ3n) is 11.5. The molecule has 182 valence electrons. The van der Waals surface area contributed by atoms with E-state index in [1.807, 2.05) is 0 Å². The first-order chi connectivity index (χ1) is 14.8. The van der Waals surface area contributed by atoms with Crippen molar-refractivity contribution in [3.63, 3.8) is 0 Å². The molecule has 0 radical (unpaired) electrons. The van der Waals surface area contributed by atoms with Gasteiger partial charge in [-0.2, -0.15) is 0 Å². The molecule has 2 N–H and O–H groups in total. The Hall–Kier alpha value is -0.600. The van der Waals surface area contributed by atoms with Crippen LogP contribution in [0.15, 0.2) is 23.3 Å². The molecule has 0 bridgehead atoms. The van der Waals surface area contributed by atoms with Gasteiger partial charge < -0.3 is 10.2 Å². The van der Waals surface area contributed by atoms with Crippen molar-refractivity contribution in [3.8, 4) is 0 Å². The van der Waals surface area contributed by atoms with Crippen LogP contribution in [0.5, 0.6) is 0 Å². The molecule has 0 saturated heterocycles. The predicted octanol–water partition coefficient (Wildman–Crippen LogP) is 7.31. The van der Waals surface area contributed by atoms with Gasteiger partial charge in [-0.25, -0.2) is 0 Å². The SMILES string of the molecule is CC(C)CCC[C@@H](C)[C@H]1C[C@H](O)[C@@]2(C)C3=CC[C@H]4C(C)(C)[C@@H](O)CC[C@]4(C)C3=CC[C@]12C. The predicted molar refractivity (Wildman–Crippen MR) is 134 cm³/mol. The molecule has 2 heteroatoms. The first-order valence-corrected chi connectivity index (χ1v) is 13.6. The number of aliphatic hydroxyl groups is 2. The molecule has 4 aliphatic rings. The van der Waals surface area contributed by atoms with Crippen LogP contribution in [-0.4, -0.2) is 22.4 Å². The van der Waals surface area contributed by atoms with E-state index in [4.69, 9.17) is 0 Å². The van der Waals surface area contributed by atoms with Crippen molar-refractivity contribution in [2.75, 3.05) is 0 Å². The summed E-state index contributed by atoms with van der Waals surface area (Å²) >= 11 is 0. The molecule has 8 atom stereocenters. The Kier molecular flexibility index (Phi) is 6.11. The number of allylic oxidation sites excluding steroid dienone is 3. The fraction of sp³-hybridized carbons (Fsp3) is 0.867. The van der Waals surface area contributed by atoms with Gasteiger partial charge in [0.15, 0.2) is 0 Å². The van der Waals surface area contributed by atoms with Gasteiger partial charge in [-0.3, -0.25) is 0 Å². The first-order valence-electron chi connectivity index (χ1n) is 13.6. The molecular weight excluding hydrogens is 392 g/mol. The van der Waals surface area contributed by atoms with Gasteiger partial charge in [0, 0.05) is 5.41 Å². The average Bonchev–Trinajstić information content (AvgIpc) is 2.92. The van der Waals surface area contributed by atoms with E-state index >= 15 is 0 Å². The molecule has 0 aliphatic heterocycles. The van der Waals surface area contributed by atoms with E-state index in [1.165, 1.54) is 30.4 Å². The lowest BCUT2D eigenvalue weighted by Gasteiger charge is -2.61. The molecule has 0 aromatic heterocycles. The fourth-order valence-electron chi connectivity index (χ4n) is 8.99. The van der Waals surface area contributed by atoms with Crippen molar-refractivity contribution >= 4 is 0 Å². The second-order valence-corrected chi connectivity index (χ2v) is 13.8. The summed E-state index contributed by atoms with van der Waals surface area (Å²) in [7, 11) is 0. The summed E-state index contributed by atoms with van der Waals surface area (Å²) in [6.45, 7) is 19.0. The zero-order chi connectivity index (χ0) is 23.7. The molecule has 4 aliphatic carbocycles. The first kappa shape index (κ1) is 24.5. The summed E-state index contributed by atoms with van der Waals surface area (Å²) in [6.07, 6.45) is 13.5. The topological polar surface area (TPSA) is 40.5 Å². The molecule has 0 spiro atoms.